The molecule has 3 aromatic rings. The van der Waals surface area contributed by atoms with E-state index in [1.54, 1.807) is 12.3 Å². The van der Waals surface area contributed by atoms with E-state index in [4.69, 9.17) is 5.73 Å². The molecule has 20 heavy (non-hydrogen) atoms. The van der Waals surface area contributed by atoms with Crippen molar-refractivity contribution in [2.45, 2.75) is 6.42 Å². The second-order valence-electron chi connectivity index (χ2n) is 4.56. The second-order valence-corrected chi connectivity index (χ2v) is 4.56. The van der Waals surface area contributed by atoms with Crippen LogP contribution in [0, 0.1) is 0 Å². The number of nitrogen functional groups attached to an aromatic ring is 1. The summed E-state index contributed by atoms with van der Waals surface area (Å²) in [6, 6.07) is 13.0. The molecule has 0 bridgehead atoms. The van der Waals surface area contributed by atoms with Gasteiger partial charge in [-0.15, -0.1) is 0 Å². The number of rotatable bonds is 3. The van der Waals surface area contributed by atoms with E-state index < -0.39 is 0 Å². The van der Waals surface area contributed by atoms with Gasteiger partial charge in [-0.25, -0.2) is 0 Å². The molecule has 0 atom stereocenters. The molecule has 5 heteroatoms. The number of nitrogens with one attached hydrogen (secondary N) is 2. The Morgan fingerprint density at radius 2 is 2.05 bits per heavy atom. The minimum absolute atomic E-state index is 0.100. The molecular formula is C15H14N4O. The van der Waals surface area contributed by atoms with Gasteiger partial charge in [-0.1, -0.05) is 24.3 Å². The maximum Gasteiger partial charge on any atom is 0.228 e. The lowest BCUT2D eigenvalue weighted by atomic mass is 10.1. The van der Waals surface area contributed by atoms with Crippen LogP contribution < -0.4 is 11.1 Å². The highest BCUT2D eigenvalue weighted by Gasteiger charge is 2.09. The van der Waals surface area contributed by atoms with E-state index in [0.717, 1.165) is 22.2 Å². The zero-order chi connectivity index (χ0) is 13.9. The first kappa shape index (κ1) is 12.2. The number of para-hydroxylation sites is 1. The standard InChI is InChI=1S/C15H14N4O/c16-12-5-2-1-4-10(12)8-15(20)18-13-6-3-7-14-11(13)9-17-19-14/h1-7,9H,8,16H2,(H,17,19)(H,18,20). The van der Waals surface area contributed by atoms with Gasteiger partial charge in [-0.05, 0) is 23.8 Å². The van der Waals surface area contributed by atoms with Gasteiger partial charge in [0.05, 0.1) is 23.8 Å². The molecule has 0 saturated heterocycles. The molecule has 0 aliphatic carbocycles. The Balaban J connectivity index is 1.80. The summed E-state index contributed by atoms with van der Waals surface area (Å²) >= 11 is 0. The van der Waals surface area contributed by atoms with E-state index in [-0.39, 0.29) is 12.3 Å². The van der Waals surface area contributed by atoms with Crippen LogP contribution in [0.5, 0.6) is 0 Å². The summed E-state index contributed by atoms with van der Waals surface area (Å²) in [7, 11) is 0. The van der Waals surface area contributed by atoms with Gasteiger partial charge >= 0.3 is 0 Å². The van der Waals surface area contributed by atoms with Crippen LogP contribution >= 0.6 is 0 Å². The Hall–Kier alpha value is -2.82. The summed E-state index contributed by atoms with van der Waals surface area (Å²) in [6.07, 6.45) is 1.95. The maximum atomic E-state index is 12.1. The van der Waals surface area contributed by atoms with Crippen molar-refractivity contribution < 1.29 is 4.79 Å². The summed E-state index contributed by atoms with van der Waals surface area (Å²) < 4.78 is 0. The quantitative estimate of drug-likeness (QED) is 0.636. The van der Waals surface area contributed by atoms with Crippen molar-refractivity contribution in [2.24, 2.45) is 0 Å². The number of anilines is 2. The normalized spacial score (nSPS) is 10.6. The van der Waals surface area contributed by atoms with E-state index >= 15 is 0 Å². The van der Waals surface area contributed by atoms with Gasteiger partial charge < -0.3 is 11.1 Å². The number of carbonyl (C=O) groups excluding carboxylic acids is 1. The van der Waals surface area contributed by atoms with Crippen molar-refractivity contribution in [1.82, 2.24) is 10.2 Å². The number of fused-ring (bicyclic) bond motifs is 1. The zero-order valence-corrected chi connectivity index (χ0v) is 10.8. The Morgan fingerprint density at radius 3 is 2.90 bits per heavy atom. The number of amides is 1. The van der Waals surface area contributed by atoms with Crippen LogP contribution in [0.1, 0.15) is 5.56 Å². The van der Waals surface area contributed by atoms with Crippen LogP contribution in [-0.2, 0) is 11.2 Å². The number of nitrogens with two attached hydrogens (primary N) is 1. The fourth-order valence-electron chi connectivity index (χ4n) is 2.14. The van der Waals surface area contributed by atoms with E-state index in [2.05, 4.69) is 15.5 Å². The van der Waals surface area contributed by atoms with Gasteiger partial charge in [0.15, 0.2) is 0 Å². The van der Waals surface area contributed by atoms with Gasteiger partial charge in [-0.3, -0.25) is 9.89 Å². The molecule has 0 spiro atoms. The molecule has 5 nitrogen and oxygen atoms in total. The highest BCUT2D eigenvalue weighted by Crippen LogP contribution is 2.21. The van der Waals surface area contributed by atoms with E-state index in [1.807, 2.05) is 36.4 Å². The molecule has 4 N–H and O–H groups in total. The molecule has 0 radical (unpaired) electrons. The molecule has 1 heterocycles. The Labute approximate surface area is 115 Å². The number of carbonyl (C=O) groups is 1. The molecule has 0 aliphatic heterocycles. The average molecular weight is 266 g/mol. The minimum atomic E-state index is -0.100. The van der Waals surface area contributed by atoms with Crippen LogP contribution in [0.2, 0.25) is 0 Å². The third kappa shape index (κ3) is 2.33. The molecular weight excluding hydrogens is 252 g/mol. The predicted octanol–water partition coefficient (Wildman–Crippen LogP) is 2.33. The van der Waals surface area contributed by atoms with Crippen molar-refractivity contribution in [3.8, 4) is 0 Å². The summed E-state index contributed by atoms with van der Waals surface area (Å²) in [6.45, 7) is 0. The van der Waals surface area contributed by atoms with E-state index in [9.17, 15) is 4.79 Å². The monoisotopic (exact) mass is 266 g/mol. The maximum absolute atomic E-state index is 12.1. The molecule has 1 amide bonds. The van der Waals surface area contributed by atoms with Crippen LogP contribution in [0.25, 0.3) is 10.9 Å². The average Bonchev–Trinajstić information content (AvgIpc) is 2.91. The molecule has 0 fully saturated rings. The summed E-state index contributed by atoms with van der Waals surface area (Å²) in [5, 5.41) is 10.6. The first-order valence-electron chi connectivity index (χ1n) is 6.29. The smallest absolute Gasteiger partial charge is 0.228 e. The fraction of sp³-hybridized carbons (Fsp3) is 0.0667. The molecule has 2 aromatic carbocycles. The number of aromatic nitrogens is 2. The topological polar surface area (TPSA) is 83.8 Å². The van der Waals surface area contributed by atoms with E-state index in [0.29, 0.717) is 5.69 Å². The van der Waals surface area contributed by atoms with Crippen LogP contribution in [0.15, 0.2) is 48.7 Å². The third-order valence-corrected chi connectivity index (χ3v) is 3.16. The molecule has 0 saturated carbocycles. The van der Waals surface area contributed by atoms with Crippen molar-refractivity contribution in [3.05, 3.63) is 54.2 Å². The predicted molar refractivity (Wildman–Crippen MR) is 79.3 cm³/mol. The lowest BCUT2D eigenvalue weighted by molar-refractivity contribution is -0.115. The molecule has 100 valence electrons. The summed E-state index contributed by atoms with van der Waals surface area (Å²) in [5.74, 6) is -0.100. The minimum Gasteiger partial charge on any atom is -0.398 e. The number of nitrogens with zero attached hydrogens (tertiary/aromatic N) is 1. The Morgan fingerprint density at radius 1 is 1.20 bits per heavy atom. The van der Waals surface area contributed by atoms with Crippen molar-refractivity contribution in [1.29, 1.82) is 0 Å². The number of benzene rings is 2. The molecule has 0 unspecified atom stereocenters. The Kier molecular flexibility index (Phi) is 3.09. The molecule has 0 aliphatic rings. The lowest BCUT2D eigenvalue weighted by Crippen LogP contribution is -2.15. The number of hydrogen-bond acceptors (Lipinski definition) is 3. The third-order valence-electron chi connectivity index (χ3n) is 3.16. The van der Waals surface area contributed by atoms with Crippen molar-refractivity contribution in [3.63, 3.8) is 0 Å². The van der Waals surface area contributed by atoms with Crippen LogP contribution in [0.3, 0.4) is 0 Å². The number of H-pyrrole nitrogens is 1. The lowest BCUT2D eigenvalue weighted by Gasteiger charge is -2.08. The van der Waals surface area contributed by atoms with Gasteiger partial charge in [-0.2, -0.15) is 5.10 Å². The summed E-state index contributed by atoms with van der Waals surface area (Å²) in [4.78, 5) is 12.1. The zero-order valence-electron chi connectivity index (χ0n) is 10.8. The van der Waals surface area contributed by atoms with Gasteiger partial charge in [0, 0.05) is 11.1 Å². The molecule has 3 rings (SSSR count). The largest absolute Gasteiger partial charge is 0.398 e. The molecule has 1 aromatic heterocycles. The first-order chi connectivity index (χ1) is 9.74. The Bertz CT molecular complexity index is 763. The summed E-state index contributed by atoms with van der Waals surface area (Å²) in [5.41, 5.74) is 8.93. The second kappa shape index (κ2) is 5.05. The van der Waals surface area contributed by atoms with Gasteiger partial charge in [0.25, 0.3) is 0 Å². The van der Waals surface area contributed by atoms with Crippen molar-refractivity contribution in [2.75, 3.05) is 11.1 Å². The highest BCUT2D eigenvalue weighted by atomic mass is 16.1. The van der Waals surface area contributed by atoms with Gasteiger partial charge in [0.1, 0.15) is 0 Å². The first-order valence-corrected chi connectivity index (χ1v) is 6.29. The van der Waals surface area contributed by atoms with Crippen LogP contribution in [0.4, 0.5) is 11.4 Å². The van der Waals surface area contributed by atoms with Crippen LogP contribution in [-0.4, -0.2) is 16.1 Å². The van der Waals surface area contributed by atoms with Gasteiger partial charge in [0.2, 0.25) is 5.91 Å². The SMILES string of the molecule is Nc1ccccc1CC(=O)Nc1cccc2[nH]ncc12. The highest BCUT2D eigenvalue weighted by molar-refractivity contribution is 6.01. The van der Waals surface area contributed by atoms with E-state index in [1.165, 1.54) is 0 Å². The number of hydrogen-bond donors (Lipinski definition) is 3. The fourth-order valence-corrected chi connectivity index (χ4v) is 2.14. The number of aromatic amines is 1. The van der Waals surface area contributed by atoms with Crippen molar-refractivity contribution >= 4 is 28.2 Å².